The van der Waals surface area contributed by atoms with Gasteiger partial charge in [0.2, 0.25) is 0 Å². The van der Waals surface area contributed by atoms with Gasteiger partial charge in [0, 0.05) is 19.3 Å². The van der Waals surface area contributed by atoms with Gasteiger partial charge in [0.15, 0.2) is 0 Å². The lowest BCUT2D eigenvalue weighted by Gasteiger charge is -2.19. The molecular formula is C12H14BrN3O4. The minimum Gasteiger partial charge on any atom is -0.469 e. The van der Waals surface area contributed by atoms with Crippen LogP contribution in [-0.4, -0.2) is 36.1 Å². The molecule has 0 bridgehead atoms. The summed E-state index contributed by atoms with van der Waals surface area (Å²) < 4.78 is 5.32. The summed E-state index contributed by atoms with van der Waals surface area (Å²) in [5.74, 6) is -0.491. The van der Waals surface area contributed by atoms with Gasteiger partial charge in [0.1, 0.15) is 11.9 Å². The normalized spacial score (nSPS) is 21.9. The van der Waals surface area contributed by atoms with E-state index in [2.05, 4.69) is 20.9 Å². The number of esters is 1. The average molecular weight is 344 g/mol. The maximum Gasteiger partial charge on any atom is 0.311 e. The average Bonchev–Trinajstić information content (AvgIpc) is 2.79. The van der Waals surface area contributed by atoms with Crippen LogP contribution in [0.1, 0.15) is 6.92 Å². The second-order valence-electron chi connectivity index (χ2n) is 4.76. The molecule has 108 valence electrons. The van der Waals surface area contributed by atoms with Crippen molar-refractivity contribution in [3.63, 3.8) is 0 Å². The van der Waals surface area contributed by atoms with E-state index in [-0.39, 0.29) is 23.5 Å². The van der Waals surface area contributed by atoms with E-state index in [4.69, 9.17) is 4.74 Å². The quantitative estimate of drug-likeness (QED) is 0.474. The van der Waals surface area contributed by atoms with Crippen LogP contribution in [0.25, 0.3) is 0 Å². The van der Waals surface area contributed by atoms with Crippen molar-refractivity contribution in [2.75, 3.05) is 25.1 Å². The number of carbonyl (C=O) groups excluding carboxylic acids is 1. The highest BCUT2D eigenvalue weighted by Crippen LogP contribution is 2.39. The summed E-state index contributed by atoms with van der Waals surface area (Å²) in [6.07, 6.45) is 2.73. The highest BCUT2D eigenvalue weighted by atomic mass is 79.9. The van der Waals surface area contributed by atoms with Gasteiger partial charge in [-0.1, -0.05) is 6.92 Å². The number of ether oxygens (including phenoxy) is 1. The molecule has 2 rings (SSSR count). The number of hydrogen-bond donors (Lipinski definition) is 0. The Morgan fingerprint density at radius 1 is 1.55 bits per heavy atom. The molecule has 0 aromatic carbocycles. The van der Waals surface area contributed by atoms with Gasteiger partial charge in [0.05, 0.1) is 22.4 Å². The smallest absolute Gasteiger partial charge is 0.311 e. The molecule has 0 spiro atoms. The van der Waals surface area contributed by atoms with Crippen LogP contribution in [0, 0.1) is 22.0 Å². The Balaban J connectivity index is 2.35. The SMILES string of the molecule is COC(=O)C1CN(c2c(Br)cncc2[N+](=O)[O-])CC1C. The Kier molecular flexibility index (Phi) is 4.22. The lowest BCUT2D eigenvalue weighted by atomic mass is 9.99. The first-order chi connectivity index (χ1) is 9.45. The number of nitro groups is 1. The number of hydrogen-bond acceptors (Lipinski definition) is 6. The lowest BCUT2D eigenvalue weighted by Crippen LogP contribution is -2.25. The van der Waals surface area contributed by atoms with E-state index in [1.54, 1.807) is 0 Å². The third-order valence-electron chi connectivity index (χ3n) is 3.48. The van der Waals surface area contributed by atoms with Crippen molar-refractivity contribution in [1.29, 1.82) is 0 Å². The molecule has 0 aliphatic carbocycles. The molecule has 2 heterocycles. The molecule has 2 atom stereocenters. The molecule has 1 aromatic heterocycles. The van der Waals surface area contributed by atoms with E-state index >= 15 is 0 Å². The molecule has 7 nitrogen and oxygen atoms in total. The highest BCUT2D eigenvalue weighted by Gasteiger charge is 2.38. The molecular weight excluding hydrogens is 330 g/mol. The molecule has 1 aliphatic rings. The Morgan fingerprint density at radius 3 is 2.85 bits per heavy atom. The van der Waals surface area contributed by atoms with Crippen LogP contribution in [0.5, 0.6) is 0 Å². The van der Waals surface area contributed by atoms with Crippen molar-refractivity contribution in [2.45, 2.75) is 6.92 Å². The monoisotopic (exact) mass is 343 g/mol. The molecule has 0 radical (unpaired) electrons. The number of aromatic nitrogens is 1. The zero-order valence-corrected chi connectivity index (χ0v) is 12.7. The van der Waals surface area contributed by atoms with Crippen LogP contribution < -0.4 is 4.90 Å². The summed E-state index contributed by atoms with van der Waals surface area (Å²) in [5.41, 5.74) is 0.389. The van der Waals surface area contributed by atoms with Crippen molar-refractivity contribution < 1.29 is 14.5 Å². The predicted octanol–water partition coefficient (Wildman–Crippen LogP) is 2.00. The first kappa shape index (κ1) is 14.7. The van der Waals surface area contributed by atoms with Crippen LogP contribution in [0.3, 0.4) is 0 Å². The molecule has 2 unspecified atom stereocenters. The predicted molar refractivity (Wildman–Crippen MR) is 75.5 cm³/mol. The fraction of sp³-hybridized carbons (Fsp3) is 0.500. The minimum atomic E-state index is -0.469. The Labute approximate surface area is 124 Å². The van der Waals surface area contributed by atoms with Crippen LogP contribution in [0.2, 0.25) is 0 Å². The van der Waals surface area contributed by atoms with Gasteiger partial charge in [-0.25, -0.2) is 0 Å². The summed E-state index contributed by atoms with van der Waals surface area (Å²) in [7, 11) is 1.35. The number of methoxy groups -OCH3 is 1. The number of rotatable bonds is 3. The van der Waals surface area contributed by atoms with Crippen molar-refractivity contribution in [1.82, 2.24) is 4.98 Å². The van der Waals surface area contributed by atoms with Gasteiger partial charge in [-0.2, -0.15) is 0 Å². The molecule has 0 N–H and O–H groups in total. The highest BCUT2D eigenvalue weighted by molar-refractivity contribution is 9.10. The molecule has 0 amide bonds. The number of anilines is 1. The van der Waals surface area contributed by atoms with Crippen LogP contribution in [0.15, 0.2) is 16.9 Å². The van der Waals surface area contributed by atoms with E-state index in [9.17, 15) is 14.9 Å². The molecule has 1 saturated heterocycles. The van der Waals surface area contributed by atoms with Crippen LogP contribution >= 0.6 is 15.9 Å². The van der Waals surface area contributed by atoms with Crippen LogP contribution in [-0.2, 0) is 9.53 Å². The molecule has 1 aromatic rings. The maximum atomic E-state index is 11.7. The van der Waals surface area contributed by atoms with E-state index in [0.29, 0.717) is 23.2 Å². The van der Waals surface area contributed by atoms with Gasteiger partial charge in [-0.05, 0) is 21.8 Å². The third kappa shape index (κ3) is 2.60. The molecule has 20 heavy (non-hydrogen) atoms. The van der Waals surface area contributed by atoms with Crippen molar-refractivity contribution in [3.8, 4) is 0 Å². The van der Waals surface area contributed by atoms with E-state index < -0.39 is 4.92 Å². The molecule has 0 saturated carbocycles. The van der Waals surface area contributed by atoms with E-state index in [0.717, 1.165) is 0 Å². The Bertz CT molecular complexity index is 552. The van der Waals surface area contributed by atoms with Gasteiger partial charge in [-0.15, -0.1) is 0 Å². The fourth-order valence-electron chi connectivity index (χ4n) is 2.47. The Morgan fingerprint density at radius 2 is 2.25 bits per heavy atom. The summed E-state index contributed by atoms with van der Waals surface area (Å²) in [6, 6.07) is 0. The molecule has 1 fully saturated rings. The third-order valence-corrected chi connectivity index (χ3v) is 4.06. The van der Waals surface area contributed by atoms with Gasteiger partial charge >= 0.3 is 11.7 Å². The first-order valence-corrected chi connectivity index (χ1v) is 6.85. The topological polar surface area (TPSA) is 85.6 Å². The van der Waals surface area contributed by atoms with Gasteiger partial charge < -0.3 is 9.64 Å². The fourth-order valence-corrected chi connectivity index (χ4v) is 3.04. The second kappa shape index (κ2) is 5.74. The van der Waals surface area contributed by atoms with Crippen molar-refractivity contribution in [2.24, 2.45) is 11.8 Å². The second-order valence-corrected chi connectivity index (χ2v) is 5.61. The molecule has 1 aliphatic heterocycles. The minimum absolute atomic E-state index is 0.0714. The summed E-state index contributed by atoms with van der Waals surface area (Å²) in [6.45, 7) is 2.89. The van der Waals surface area contributed by atoms with Gasteiger partial charge in [0.25, 0.3) is 0 Å². The van der Waals surface area contributed by atoms with Crippen LogP contribution in [0.4, 0.5) is 11.4 Å². The number of halogens is 1. The first-order valence-electron chi connectivity index (χ1n) is 6.06. The zero-order valence-electron chi connectivity index (χ0n) is 11.1. The van der Waals surface area contributed by atoms with Gasteiger partial charge in [-0.3, -0.25) is 19.9 Å². The summed E-state index contributed by atoms with van der Waals surface area (Å²) in [5, 5.41) is 11.1. The summed E-state index contributed by atoms with van der Waals surface area (Å²) in [4.78, 5) is 28.0. The van der Waals surface area contributed by atoms with Crippen molar-refractivity contribution >= 4 is 33.3 Å². The lowest BCUT2D eigenvalue weighted by molar-refractivity contribution is -0.384. The number of carbonyl (C=O) groups is 1. The summed E-state index contributed by atoms with van der Waals surface area (Å²) >= 11 is 3.29. The maximum absolute atomic E-state index is 11.7. The van der Waals surface area contributed by atoms with Crippen molar-refractivity contribution in [3.05, 3.63) is 27.0 Å². The van der Waals surface area contributed by atoms with E-state index in [1.165, 1.54) is 19.5 Å². The standard InChI is InChI=1S/C12H14BrN3O4/c1-7-5-15(6-8(7)12(17)20-2)11-9(13)3-14-4-10(11)16(18)19/h3-4,7-8H,5-6H2,1-2H3. The number of nitrogens with zero attached hydrogens (tertiary/aromatic N) is 3. The largest absolute Gasteiger partial charge is 0.469 e. The zero-order chi connectivity index (χ0) is 14.9. The Hall–Kier alpha value is -1.70. The number of pyridine rings is 1. The van der Waals surface area contributed by atoms with E-state index in [1.807, 2.05) is 11.8 Å². The molecule has 8 heteroatoms.